The minimum atomic E-state index is -0.125. The summed E-state index contributed by atoms with van der Waals surface area (Å²) < 4.78 is 6.47. The molecule has 2 heterocycles. The van der Waals surface area contributed by atoms with Gasteiger partial charge in [-0.15, -0.1) is 0 Å². The number of furan rings is 1. The Hall–Kier alpha value is -3.15. The van der Waals surface area contributed by atoms with E-state index < -0.39 is 0 Å². The number of aromatic nitrogens is 1. The molecule has 0 aliphatic carbocycles. The van der Waals surface area contributed by atoms with Gasteiger partial charge in [-0.2, -0.15) is 0 Å². The molecule has 3 aromatic carbocycles. The maximum atomic E-state index is 13.6. The molecule has 2 aromatic heterocycles. The lowest BCUT2D eigenvalue weighted by Gasteiger charge is -2.19. The number of halogens is 1. The number of benzene rings is 3. The van der Waals surface area contributed by atoms with Gasteiger partial charge in [0.05, 0.1) is 23.0 Å². The molecule has 0 atom stereocenters. The van der Waals surface area contributed by atoms with E-state index in [0.717, 1.165) is 26.6 Å². The Morgan fingerprint density at radius 1 is 1.07 bits per heavy atom. The van der Waals surface area contributed by atoms with E-state index in [2.05, 4.69) is 0 Å². The van der Waals surface area contributed by atoms with Crippen molar-refractivity contribution in [2.45, 2.75) is 13.5 Å². The van der Waals surface area contributed by atoms with Gasteiger partial charge in [-0.3, -0.25) is 9.69 Å². The monoisotopic (exact) mass is 432 g/mol. The second kappa shape index (κ2) is 7.59. The molecule has 0 aliphatic rings. The van der Waals surface area contributed by atoms with Crippen LogP contribution in [-0.2, 0) is 6.54 Å². The van der Waals surface area contributed by atoms with Crippen LogP contribution in [0.4, 0.5) is 5.13 Å². The summed E-state index contributed by atoms with van der Waals surface area (Å²) in [5.74, 6) is 0.568. The number of fused-ring (bicyclic) bond motifs is 2. The summed E-state index contributed by atoms with van der Waals surface area (Å²) in [4.78, 5) is 20.0. The summed E-state index contributed by atoms with van der Waals surface area (Å²) in [5.41, 5.74) is 2.44. The Labute approximate surface area is 182 Å². The Morgan fingerprint density at radius 3 is 2.70 bits per heavy atom. The van der Waals surface area contributed by atoms with Gasteiger partial charge < -0.3 is 4.42 Å². The van der Waals surface area contributed by atoms with Crippen LogP contribution in [0.25, 0.3) is 21.0 Å². The second-order valence-corrected chi connectivity index (χ2v) is 8.54. The number of hydrogen-bond donors (Lipinski definition) is 0. The Kier molecular flexibility index (Phi) is 4.77. The highest BCUT2D eigenvalue weighted by atomic mass is 35.5. The molecule has 0 radical (unpaired) electrons. The largest absolute Gasteiger partial charge is 0.467 e. The Morgan fingerprint density at radius 2 is 1.90 bits per heavy atom. The number of carbonyl (C=O) groups excluding carboxylic acids is 1. The van der Waals surface area contributed by atoms with Crippen LogP contribution in [0.5, 0.6) is 0 Å². The van der Waals surface area contributed by atoms with E-state index in [0.29, 0.717) is 28.0 Å². The van der Waals surface area contributed by atoms with E-state index in [1.165, 1.54) is 11.3 Å². The highest BCUT2D eigenvalue weighted by molar-refractivity contribution is 7.22. The smallest absolute Gasteiger partial charge is 0.260 e. The summed E-state index contributed by atoms with van der Waals surface area (Å²) in [7, 11) is 0. The van der Waals surface area contributed by atoms with Crippen molar-refractivity contribution >= 4 is 55.0 Å². The molecule has 0 fully saturated rings. The van der Waals surface area contributed by atoms with Gasteiger partial charge in [0.25, 0.3) is 5.91 Å². The molecule has 0 saturated heterocycles. The first-order chi connectivity index (χ1) is 14.6. The van der Waals surface area contributed by atoms with Gasteiger partial charge in [0.1, 0.15) is 5.76 Å². The van der Waals surface area contributed by atoms with Gasteiger partial charge in [-0.05, 0) is 59.7 Å². The first kappa shape index (κ1) is 18.9. The summed E-state index contributed by atoms with van der Waals surface area (Å²) >= 11 is 7.68. The number of anilines is 1. The maximum absolute atomic E-state index is 13.6. The zero-order valence-corrected chi connectivity index (χ0v) is 17.7. The Bertz CT molecular complexity index is 1380. The molecule has 0 aliphatic heterocycles. The molecule has 5 aromatic rings. The van der Waals surface area contributed by atoms with E-state index in [1.807, 2.05) is 73.7 Å². The third kappa shape index (κ3) is 3.47. The molecule has 0 unspecified atom stereocenters. The lowest BCUT2D eigenvalue weighted by Crippen LogP contribution is -2.30. The fraction of sp³-hybridized carbons (Fsp3) is 0.0833. The van der Waals surface area contributed by atoms with Crippen molar-refractivity contribution in [1.82, 2.24) is 4.98 Å². The zero-order chi connectivity index (χ0) is 20.7. The van der Waals surface area contributed by atoms with Crippen molar-refractivity contribution in [2.24, 2.45) is 0 Å². The summed E-state index contributed by atoms with van der Waals surface area (Å²) in [6, 6.07) is 21.2. The fourth-order valence-electron chi connectivity index (χ4n) is 3.52. The number of hydrogen-bond acceptors (Lipinski definition) is 4. The van der Waals surface area contributed by atoms with Crippen molar-refractivity contribution in [3.63, 3.8) is 0 Å². The predicted octanol–water partition coefficient (Wildman–Crippen LogP) is 6.85. The van der Waals surface area contributed by atoms with Crippen molar-refractivity contribution in [3.05, 3.63) is 94.9 Å². The average molecular weight is 433 g/mol. The van der Waals surface area contributed by atoms with Crippen molar-refractivity contribution < 1.29 is 9.21 Å². The van der Waals surface area contributed by atoms with E-state index in [9.17, 15) is 4.79 Å². The van der Waals surface area contributed by atoms with Crippen LogP contribution >= 0.6 is 22.9 Å². The van der Waals surface area contributed by atoms with Crippen LogP contribution in [0.15, 0.2) is 77.4 Å². The molecule has 0 N–H and O–H groups in total. The van der Waals surface area contributed by atoms with Gasteiger partial charge in [-0.1, -0.05) is 53.3 Å². The molecular weight excluding hydrogens is 416 g/mol. The molecule has 30 heavy (non-hydrogen) atoms. The molecule has 0 spiro atoms. The second-order valence-electron chi connectivity index (χ2n) is 7.10. The quantitative estimate of drug-likeness (QED) is 0.312. The molecule has 0 saturated carbocycles. The van der Waals surface area contributed by atoms with Gasteiger partial charge in [0.15, 0.2) is 5.13 Å². The summed E-state index contributed by atoms with van der Waals surface area (Å²) in [6.45, 7) is 2.27. The van der Waals surface area contributed by atoms with Gasteiger partial charge in [0.2, 0.25) is 0 Å². The summed E-state index contributed by atoms with van der Waals surface area (Å²) in [6.07, 6.45) is 1.61. The maximum Gasteiger partial charge on any atom is 0.260 e. The van der Waals surface area contributed by atoms with Crippen molar-refractivity contribution in [2.75, 3.05) is 4.90 Å². The van der Waals surface area contributed by atoms with Gasteiger partial charge in [-0.25, -0.2) is 4.98 Å². The molecule has 4 nitrogen and oxygen atoms in total. The lowest BCUT2D eigenvalue weighted by atomic mass is 10.1. The molecule has 6 heteroatoms. The normalized spacial score (nSPS) is 11.3. The van der Waals surface area contributed by atoms with Crippen LogP contribution in [0.1, 0.15) is 21.7 Å². The lowest BCUT2D eigenvalue weighted by molar-refractivity contribution is 0.0983. The molecule has 5 rings (SSSR count). The third-order valence-corrected chi connectivity index (χ3v) is 6.25. The SMILES string of the molecule is Cc1cc(Cl)cc2sc(N(Cc3ccco3)C(=O)c3ccc4ccccc4c3)nc12. The number of thiazole rings is 1. The topological polar surface area (TPSA) is 46.3 Å². The van der Waals surface area contributed by atoms with Crippen LogP contribution in [0.2, 0.25) is 5.02 Å². The fourth-order valence-corrected chi connectivity index (χ4v) is 4.94. The minimum Gasteiger partial charge on any atom is -0.467 e. The number of amides is 1. The van der Waals surface area contributed by atoms with Crippen molar-refractivity contribution in [1.29, 1.82) is 0 Å². The van der Waals surface area contributed by atoms with Crippen molar-refractivity contribution in [3.8, 4) is 0 Å². The van der Waals surface area contributed by atoms with Gasteiger partial charge >= 0.3 is 0 Å². The first-order valence-corrected chi connectivity index (χ1v) is 10.7. The molecule has 1 amide bonds. The zero-order valence-electron chi connectivity index (χ0n) is 16.1. The van der Waals surface area contributed by atoms with Crippen LogP contribution in [0, 0.1) is 6.92 Å². The summed E-state index contributed by atoms with van der Waals surface area (Å²) in [5, 5.41) is 3.39. The highest BCUT2D eigenvalue weighted by Gasteiger charge is 2.23. The molecule has 0 bridgehead atoms. The van der Waals surface area contributed by atoms with E-state index in [-0.39, 0.29) is 5.91 Å². The van der Waals surface area contributed by atoms with Gasteiger partial charge in [0, 0.05) is 10.6 Å². The number of nitrogens with zero attached hydrogens (tertiary/aromatic N) is 2. The standard InChI is InChI=1S/C24H17ClN2O2S/c1-15-11-19(25)13-21-22(15)26-24(30-21)27(14-20-7-4-10-29-20)23(28)18-9-8-16-5-2-3-6-17(16)12-18/h2-13H,14H2,1H3. The van der Waals surface area contributed by atoms with E-state index in [4.69, 9.17) is 21.0 Å². The number of aryl methyl sites for hydroxylation is 1. The first-order valence-electron chi connectivity index (χ1n) is 9.48. The predicted molar refractivity (Wildman–Crippen MR) is 123 cm³/mol. The minimum absolute atomic E-state index is 0.125. The average Bonchev–Trinajstić information content (AvgIpc) is 3.41. The highest BCUT2D eigenvalue weighted by Crippen LogP contribution is 2.34. The third-order valence-electron chi connectivity index (χ3n) is 5.01. The van der Waals surface area contributed by atoms with E-state index in [1.54, 1.807) is 11.2 Å². The van der Waals surface area contributed by atoms with Crippen LogP contribution in [0.3, 0.4) is 0 Å². The molecule has 148 valence electrons. The van der Waals surface area contributed by atoms with Crippen LogP contribution < -0.4 is 4.90 Å². The number of rotatable bonds is 4. The van der Waals surface area contributed by atoms with E-state index >= 15 is 0 Å². The number of carbonyl (C=O) groups is 1. The Balaban J connectivity index is 1.60. The molecular formula is C24H17ClN2O2S. The van der Waals surface area contributed by atoms with Crippen LogP contribution in [-0.4, -0.2) is 10.9 Å².